The van der Waals surface area contributed by atoms with E-state index in [-0.39, 0.29) is 11.6 Å². The smallest absolute Gasteiger partial charge is 0.274 e. The Morgan fingerprint density at radius 2 is 1.85 bits per heavy atom. The normalized spacial score (nSPS) is 10.8. The lowest BCUT2D eigenvalue weighted by atomic mass is 10.1. The van der Waals surface area contributed by atoms with Crippen LogP contribution in [0.15, 0.2) is 48.5 Å². The highest BCUT2D eigenvalue weighted by Gasteiger charge is 2.15. The molecule has 2 aromatic rings. The Hall–Kier alpha value is -2.77. The molecule has 0 aliphatic carbocycles. The van der Waals surface area contributed by atoms with Gasteiger partial charge in [-0.1, -0.05) is 36.4 Å². The average Bonchev–Trinajstić information content (AvgIpc) is 2.66. The molecule has 0 unspecified atom stereocenters. The van der Waals surface area contributed by atoms with Crippen molar-refractivity contribution in [2.75, 3.05) is 31.5 Å². The van der Waals surface area contributed by atoms with Crippen LogP contribution in [-0.2, 0) is 11.2 Å². The number of nitrogens with zero attached hydrogens (tertiary/aromatic N) is 2. The van der Waals surface area contributed by atoms with Gasteiger partial charge in [-0.05, 0) is 25.0 Å². The highest BCUT2D eigenvalue weighted by Crippen LogP contribution is 2.25. The second-order valence-electron chi connectivity index (χ2n) is 6.37. The maximum atomic E-state index is 12.3. The van der Waals surface area contributed by atoms with Gasteiger partial charge in [0.1, 0.15) is 0 Å². The van der Waals surface area contributed by atoms with E-state index < -0.39 is 4.92 Å². The first-order valence-corrected chi connectivity index (χ1v) is 9.01. The van der Waals surface area contributed by atoms with Crippen LogP contribution in [0, 0.1) is 17.0 Å². The fourth-order valence-corrected chi connectivity index (χ4v) is 2.88. The van der Waals surface area contributed by atoms with Crippen molar-refractivity contribution in [2.24, 2.45) is 5.73 Å². The predicted molar refractivity (Wildman–Crippen MR) is 107 cm³/mol. The van der Waals surface area contributed by atoms with Crippen LogP contribution in [0.4, 0.5) is 11.4 Å². The molecule has 0 radical (unpaired) electrons. The van der Waals surface area contributed by atoms with E-state index >= 15 is 0 Å². The molecule has 0 aliphatic heterocycles. The van der Waals surface area contributed by atoms with Crippen LogP contribution < -0.4 is 11.1 Å². The van der Waals surface area contributed by atoms with E-state index in [0.717, 1.165) is 19.5 Å². The topological polar surface area (TPSA) is 102 Å². The van der Waals surface area contributed by atoms with Crippen LogP contribution >= 0.6 is 0 Å². The number of amides is 1. The van der Waals surface area contributed by atoms with Crippen molar-refractivity contribution < 1.29 is 9.72 Å². The molecule has 0 bridgehead atoms. The van der Waals surface area contributed by atoms with Gasteiger partial charge < -0.3 is 16.0 Å². The Balaban J connectivity index is 1.88. The molecular weight excluding hydrogens is 344 g/mol. The molecule has 2 rings (SSSR count). The van der Waals surface area contributed by atoms with Crippen molar-refractivity contribution in [1.82, 2.24) is 4.90 Å². The first-order chi connectivity index (χ1) is 13.0. The Morgan fingerprint density at radius 1 is 1.11 bits per heavy atom. The molecule has 0 saturated heterocycles. The van der Waals surface area contributed by atoms with Gasteiger partial charge in [0.05, 0.1) is 16.2 Å². The number of rotatable bonds is 10. The lowest BCUT2D eigenvalue weighted by molar-refractivity contribution is -0.385. The van der Waals surface area contributed by atoms with E-state index in [0.29, 0.717) is 30.8 Å². The molecule has 7 nitrogen and oxygen atoms in total. The summed E-state index contributed by atoms with van der Waals surface area (Å²) in [6, 6.07) is 14.8. The zero-order valence-corrected chi connectivity index (χ0v) is 15.6. The third-order valence-electron chi connectivity index (χ3n) is 4.44. The molecule has 0 saturated carbocycles. The monoisotopic (exact) mass is 370 g/mol. The molecule has 3 N–H and O–H groups in total. The molecule has 144 valence electrons. The quantitative estimate of drug-likeness (QED) is 0.495. The van der Waals surface area contributed by atoms with Crippen molar-refractivity contribution in [2.45, 2.75) is 19.8 Å². The predicted octanol–water partition coefficient (Wildman–Crippen LogP) is 2.74. The van der Waals surface area contributed by atoms with Gasteiger partial charge in [-0.15, -0.1) is 0 Å². The largest absolute Gasteiger partial charge is 0.329 e. The summed E-state index contributed by atoms with van der Waals surface area (Å²) in [5, 5.41) is 13.8. The van der Waals surface area contributed by atoms with Gasteiger partial charge in [0.15, 0.2) is 0 Å². The number of carbonyl (C=O) groups excluding carboxylic acids is 1. The highest BCUT2D eigenvalue weighted by molar-refractivity contribution is 5.92. The molecular formula is C20H26N4O3. The van der Waals surface area contributed by atoms with Crippen LogP contribution in [-0.4, -0.2) is 41.9 Å². The summed E-state index contributed by atoms with van der Waals surface area (Å²) in [6.45, 7) is 4.29. The van der Waals surface area contributed by atoms with Gasteiger partial charge in [-0.25, -0.2) is 0 Å². The molecule has 0 aliphatic rings. The zero-order valence-electron chi connectivity index (χ0n) is 15.6. The molecule has 27 heavy (non-hydrogen) atoms. The van der Waals surface area contributed by atoms with Gasteiger partial charge in [-0.2, -0.15) is 0 Å². The maximum absolute atomic E-state index is 12.3. The summed E-state index contributed by atoms with van der Waals surface area (Å²) in [7, 11) is 0. The van der Waals surface area contributed by atoms with E-state index in [1.165, 1.54) is 11.6 Å². The first kappa shape index (κ1) is 20.5. The van der Waals surface area contributed by atoms with E-state index in [2.05, 4.69) is 22.3 Å². The summed E-state index contributed by atoms with van der Waals surface area (Å²) in [5.74, 6) is -0.166. The molecule has 0 spiro atoms. The standard InChI is InChI=1S/C20H26N4O3/c1-16-18(8-5-9-19(16)24(26)27)22-20(25)11-14-23(15-12-21)13-10-17-6-3-2-4-7-17/h2-9H,10-15,21H2,1H3,(H,22,25). The van der Waals surface area contributed by atoms with Crippen LogP contribution in [0.1, 0.15) is 17.5 Å². The third-order valence-corrected chi connectivity index (χ3v) is 4.44. The van der Waals surface area contributed by atoms with Crippen LogP contribution in [0.3, 0.4) is 0 Å². The number of hydrogen-bond donors (Lipinski definition) is 2. The number of nitro benzene ring substituents is 1. The Labute approximate surface area is 159 Å². The minimum absolute atomic E-state index is 0.000388. The number of benzene rings is 2. The summed E-state index contributed by atoms with van der Waals surface area (Å²) in [5.41, 5.74) is 7.87. The zero-order chi connectivity index (χ0) is 19.6. The number of anilines is 1. The van der Waals surface area contributed by atoms with Gasteiger partial charge in [0.25, 0.3) is 5.69 Å². The summed E-state index contributed by atoms with van der Waals surface area (Å²) >= 11 is 0. The van der Waals surface area contributed by atoms with Crippen molar-refractivity contribution in [1.29, 1.82) is 0 Å². The molecule has 1 amide bonds. The second-order valence-corrected chi connectivity index (χ2v) is 6.37. The summed E-state index contributed by atoms with van der Waals surface area (Å²) < 4.78 is 0. The summed E-state index contributed by atoms with van der Waals surface area (Å²) in [4.78, 5) is 25.0. The number of hydrogen-bond acceptors (Lipinski definition) is 5. The second kappa shape index (κ2) is 10.4. The third kappa shape index (κ3) is 6.47. The molecule has 0 atom stereocenters. The van der Waals surface area contributed by atoms with Crippen molar-refractivity contribution in [3.63, 3.8) is 0 Å². The Kier molecular flexibility index (Phi) is 7.91. The number of nitro groups is 1. The molecule has 2 aromatic carbocycles. The SMILES string of the molecule is Cc1c(NC(=O)CCN(CCN)CCc2ccccc2)cccc1[N+](=O)[O-]. The molecule has 0 heterocycles. The minimum atomic E-state index is -0.447. The van der Waals surface area contributed by atoms with Gasteiger partial charge >= 0.3 is 0 Å². The van der Waals surface area contributed by atoms with Crippen LogP contribution in [0.2, 0.25) is 0 Å². The molecule has 0 fully saturated rings. The van der Waals surface area contributed by atoms with Gasteiger partial charge in [0.2, 0.25) is 5.91 Å². The Bertz CT molecular complexity index is 765. The van der Waals surface area contributed by atoms with Crippen molar-refractivity contribution >= 4 is 17.3 Å². The van der Waals surface area contributed by atoms with E-state index in [9.17, 15) is 14.9 Å². The van der Waals surface area contributed by atoms with Crippen LogP contribution in [0.5, 0.6) is 0 Å². The van der Waals surface area contributed by atoms with Crippen LogP contribution in [0.25, 0.3) is 0 Å². The molecule has 0 aromatic heterocycles. The van der Waals surface area contributed by atoms with Gasteiger partial charge in [0, 0.05) is 38.7 Å². The lowest BCUT2D eigenvalue weighted by Crippen LogP contribution is -2.34. The fourth-order valence-electron chi connectivity index (χ4n) is 2.88. The Morgan fingerprint density at radius 3 is 2.52 bits per heavy atom. The lowest BCUT2D eigenvalue weighted by Gasteiger charge is -2.21. The number of nitrogens with one attached hydrogen (secondary N) is 1. The summed E-state index contributed by atoms with van der Waals surface area (Å²) in [6.07, 6.45) is 1.20. The van der Waals surface area contributed by atoms with Crippen molar-refractivity contribution in [3.8, 4) is 0 Å². The van der Waals surface area contributed by atoms with Gasteiger partial charge in [-0.3, -0.25) is 14.9 Å². The van der Waals surface area contributed by atoms with E-state index in [1.807, 2.05) is 18.2 Å². The number of carbonyl (C=O) groups is 1. The highest BCUT2D eigenvalue weighted by atomic mass is 16.6. The molecule has 7 heteroatoms. The first-order valence-electron chi connectivity index (χ1n) is 9.01. The van der Waals surface area contributed by atoms with Crippen molar-refractivity contribution in [3.05, 3.63) is 69.8 Å². The number of nitrogens with two attached hydrogens (primary N) is 1. The minimum Gasteiger partial charge on any atom is -0.329 e. The fraction of sp³-hybridized carbons (Fsp3) is 0.350. The average molecular weight is 370 g/mol. The van der Waals surface area contributed by atoms with E-state index in [1.54, 1.807) is 19.1 Å². The van der Waals surface area contributed by atoms with E-state index in [4.69, 9.17) is 5.73 Å². The maximum Gasteiger partial charge on any atom is 0.274 e.